The Hall–Kier alpha value is -2.27. The van der Waals surface area contributed by atoms with Crippen LogP contribution in [-0.2, 0) is 6.61 Å². The third kappa shape index (κ3) is 4.10. The molecule has 1 heterocycles. The van der Waals surface area contributed by atoms with Gasteiger partial charge in [0.1, 0.15) is 12.4 Å². The molecule has 0 saturated carbocycles. The highest BCUT2D eigenvalue weighted by Gasteiger charge is 2.18. The van der Waals surface area contributed by atoms with Crippen molar-refractivity contribution in [1.29, 1.82) is 0 Å². The van der Waals surface area contributed by atoms with E-state index in [4.69, 9.17) is 14.3 Å². The van der Waals surface area contributed by atoms with Gasteiger partial charge in [0.15, 0.2) is 5.76 Å². The number of furan rings is 1. The number of para-hydroxylation sites is 1. The first-order valence-corrected chi connectivity index (χ1v) is 6.90. The van der Waals surface area contributed by atoms with Crippen LogP contribution in [0.2, 0.25) is 0 Å². The zero-order valence-corrected chi connectivity index (χ0v) is 11.9. The number of carbonyl (C=O) groups is 1. The van der Waals surface area contributed by atoms with Gasteiger partial charge >= 0.3 is 0 Å². The van der Waals surface area contributed by atoms with Crippen LogP contribution in [0.1, 0.15) is 29.5 Å². The highest BCUT2D eigenvalue weighted by atomic mass is 16.5. The van der Waals surface area contributed by atoms with E-state index >= 15 is 0 Å². The molecule has 0 spiro atoms. The van der Waals surface area contributed by atoms with Crippen molar-refractivity contribution in [2.24, 2.45) is 0 Å². The molecular weight excluding hydrogens is 270 g/mol. The van der Waals surface area contributed by atoms with Gasteiger partial charge < -0.3 is 19.6 Å². The van der Waals surface area contributed by atoms with Gasteiger partial charge in [-0.3, -0.25) is 4.79 Å². The maximum absolute atomic E-state index is 12.1. The molecule has 2 rings (SSSR count). The fourth-order valence-electron chi connectivity index (χ4n) is 1.85. The molecular formula is C16H19NO4. The average Bonchev–Trinajstić information content (AvgIpc) is 3.00. The highest BCUT2D eigenvalue weighted by Crippen LogP contribution is 2.16. The topological polar surface area (TPSA) is 71.7 Å². The van der Waals surface area contributed by atoms with Crippen molar-refractivity contribution in [3.05, 3.63) is 54.0 Å². The zero-order valence-electron chi connectivity index (χ0n) is 11.9. The molecule has 1 aromatic carbocycles. The maximum Gasteiger partial charge on any atom is 0.287 e. The summed E-state index contributed by atoms with van der Waals surface area (Å²) in [4.78, 5) is 12.1. The number of carbonyl (C=O) groups excluding carboxylic acids is 1. The number of amides is 1. The van der Waals surface area contributed by atoms with Gasteiger partial charge in [0.25, 0.3) is 5.91 Å². The van der Waals surface area contributed by atoms with E-state index in [9.17, 15) is 4.79 Å². The monoisotopic (exact) mass is 289 g/mol. The van der Waals surface area contributed by atoms with Crippen LogP contribution in [0.3, 0.4) is 0 Å². The molecule has 1 amide bonds. The summed E-state index contributed by atoms with van der Waals surface area (Å²) in [7, 11) is 0. The lowest BCUT2D eigenvalue weighted by Crippen LogP contribution is -2.37. The highest BCUT2D eigenvalue weighted by molar-refractivity contribution is 5.93. The molecule has 112 valence electrons. The summed E-state index contributed by atoms with van der Waals surface area (Å²) in [5.74, 6) is 0.609. The summed E-state index contributed by atoms with van der Waals surface area (Å²) in [5, 5.41) is 11.8. The fourth-order valence-corrected chi connectivity index (χ4v) is 1.85. The molecule has 0 fully saturated rings. The van der Waals surface area contributed by atoms with E-state index in [1.54, 1.807) is 6.07 Å². The second-order valence-electron chi connectivity index (χ2n) is 4.64. The molecule has 5 heteroatoms. The van der Waals surface area contributed by atoms with Crippen molar-refractivity contribution >= 4 is 5.91 Å². The molecule has 2 N–H and O–H groups in total. The van der Waals surface area contributed by atoms with Gasteiger partial charge in [0.2, 0.25) is 0 Å². The Kier molecular flexibility index (Phi) is 5.40. The Morgan fingerprint density at radius 3 is 2.76 bits per heavy atom. The largest absolute Gasteiger partial charge is 0.489 e. The number of nitrogens with one attached hydrogen (secondary N) is 1. The lowest BCUT2D eigenvalue weighted by molar-refractivity contribution is 0.0883. The lowest BCUT2D eigenvalue weighted by Gasteiger charge is -2.13. The van der Waals surface area contributed by atoms with Crippen LogP contribution in [0.25, 0.3) is 0 Å². The maximum atomic E-state index is 12.1. The number of hydrogen-bond donors (Lipinski definition) is 2. The van der Waals surface area contributed by atoms with Crippen LogP contribution in [0.4, 0.5) is 0 Å². The molecule has 21 heavy (non-hydrogen) atoms. The van der Waals surface area contributed by atoms with Gasteiger partial charge in [-0.2, -0.15) is 0 Å². The van der Waals surface area contributed by atoms with Crippen LogP contribution < -0.4 is 10.1 Å². The van der Waals surface area contributed by atoms with Crippen LogP contribution in [0, 0.1) is 0 Å². The minimum Gasteiger partial charge on any atom is -0.489 e. The Bertz CT molecular complexity index is 561. The van der Waals surface area contributed by atoms with Crippen molar-refractivity contribution in [2.45, 2.75) is 26.0 Å². The van der Waals surface area contributed by atoms with Crippen molar-refractivity contribution in [3.8, 4) is 5.75 Å². The first-order chi connectivity index (χ1) is 10.2. The van der Waals surface area contributed by atoms with E-state index in [0.29, 0.717) is 12.0 Å². The van der Waals surface area contributed by atoms with E-state index in [0.717, 1.165) is 5.75 Å². The normalized spacial score (nSPS) is 11.9. The van der Waals surface area contributed by atoms with Crippen molar-refractivity contribution in [3.63, 3.8) is 0 Å². The fraction of sp³-hybridized carbons (Fsp3) is 0.312. The SMILES string of the molecule is CCC(CO)NC(=O)c1occc1COc1ccccc1. The number of aliphatic hydroxyl groups is 1. The standard InChI is InChI=1S/C16H19NO4/c1-2-13(10-18)17-16(19)15-12(8-9-20-15)11-21-14-6-4-3-5-7-14/h3-9,13,18H,2,10-11H2,1H3,(H,17,19). The molecule has 0 radical (unpaired) electrons. The third-order valence-electron chi connectivity index (χ3n) is 3.14. The summed E-state index contributed by atoms with van der Waals surface area (Å²) in [6.07, 6.45) is 2.11. The molecule has 5 nitrogen and oxygen atoms in total. The van der Waals surface area contributed by atoms with Crippen LogP contribution >= 0.6 is 0 Å². The zero-order chi connectivity index (χ0) is 15.1. The number of hydrogen-bond acceptors (Lipinski definition) is 4. The van der Waals surface area contributed by atoms with E-state index in [-0.39, 0.29) is 30.9 Å². The second-order valence-corrected chi connectivity index (χ2v) is 4.64. The van der Waals surface area contributed by atoms with Crippen molar-refractivity contribution < 1.29 is 19.1 Å². The Labute approximate surface area is 123 Å². The Morgan fingerprint density at radius 2 is 2.10 bits per heavy atom. The van der Waals surface area contributed by atoms with Crippen molar-refractivity contribution in [2.75, 3.05) is 6.61 Å². The molecule has 1 atom stereocenters. The minimum atomic E-state index is -0.340. The molecule has 1 aromatic heterocycles. The van der Waals surface area contributed by atoms with Crippen LogP contribution in [0.15, 0.2) is 47.1 Å². The number of benzene rings is 1. The first kappa shape index (κ1) is 15.1. The van der Waals surface area contributed by atoms with E-state index in [2.05, 4.69) is 5.32 Å². The quantitative estimate of drug-likeness (QED) is 0.821. The van der Waals surface area contributed by atoms with E-state index < -0.39 is 0 Å². The van der Waals surface area contributed by atoms with E-state index in [1.165, 1.54) is 6.26 Å². The molecule has 0 aliphatic rings. The van der Waals surface area contributed by atoms with Gasteiger partial charge in [-0.15, -0.1) is 0 Å². The lowest BCUT2D eigenvalue weighted by atomic mass is 10.2. The number of rotatable bonds is 7. The minimum absolute atomic E-state index is 0.0984. The van der Waals surface area contributed by atoms with E-state index in [1.807, 2.05) is 37.3 Å². The van der Waals surface area contributed by atoms with Gasteiger partial charge in [-0.25, -0.2) is 0 Å². The summed E-state index contributed by atoms with van der Waals surface area (Å²) >= 11 is 0. The molecule has 0 aliphatic carbocycles. The van der Waals surface area contributed by atoms with Crippen molar-refractivity contribution in [1.82, 2.24) is 5.32 Å². The number of aliphatic hydroxyl groups excluding tert-OH is 1. The Morgan fingerprint density at radius 1 is 1.33 bits per heavy atom. The summed E-state index contributed by atoms with van der Waals surface area (Å²) in [6.45, 7) is 2.04. The Balaban J connectivity index is 1.99. The van der Waals surface area contributed by atoms with Crippen LogP contribution in [-0.4, -0.2) is 23.7 Å². The average molecular weight is 289 g/mol. The van der Waals surface area contributed by atoms with Gasteiger partial charge in [-0.1, -0.05) is 25.1 Å². The molecule has 1 unspecified atom stereocenters. The second kappa shape index (κ2) is 7.50. The summed E-state index contributed by atoms with van der Waals surface area (Å²) in [5.41, 5.74) is 0.671. The molecule has 0 saturated heterocycles. The molecule has 0 aliphatic heterocycles. The number of ether oxygens (including phenoxy) is 1. The smallest absolute Gasteiger partial charge is 0.287 e. The predicted molar refractivity (Wildman–Crippen MR) is 78.1 cm³/mol. The summed E-state index contributed by atoms with van der Waals surface area (Å²) < 4.78 is 10.8. The van der Waals surface area contributed by atoms with Gasteiger partial charge in [-0.05, 0) is 24.6 Å². The summed E-state index contributed by atoms with van der Waals surface area (Å²) in [6, 6.07) is 10.8. The van der Waals surface area contributed by atoms with Gasteiger partial charge in [0, 0.05) is 5.56 Å². The third-order valence-corrected chi connectivity index (χ3v) is 3.14. The first-order valence-electron chi connectivity index (χ1n) is 6.90. The predicted octanol–water partition coefficient (Wildman–Crippen LogP) is 2.36. The molecule has 2 aromatic rings. The van der Waals surface area contributed by atoms with Gasteiger partial charge in [0.05, 0.1) is 18.9 Å². The van der Waals surface area contributed by atoms with Crippen LogP contribution in [0.5, 0.6) is 5.75 Å². The molecule has 0 bridgehead atoms.